The molecule has 16 heavy (non-hydrogen) atoms. The molecule has 3 heteroatoms. The van der Waals surface area contributed by atoms with E-state index in [1.165, 1.54) is 6.42 Å². The van der Waals surface area contributed by atoms with Crippen LogP contribution in [0.3, 0.4) is 0 Å². The van der Waals surface area contributed by atoms with Crippen molar-refractivity contribution in [1.29, 1.82) is 0 Å². The summed E-state index contributed by atoms with van der Waals surface area (Å²) in [5, 5.41) is 3.34. The number of hydrogen-bond acceptors (Lipinski definition) is 3. The van der Waals surface area contributed by atoms with Gasteiger partial charge in [0.2, 0.25) is 0 Å². The molecule has 0 spiro atoms. The fourth-order valence-corrected chi connectivity index (χ4v) is 2.19. The molecule has 1 atom stereocenters. The van der Waals surface area contributed by atoms with Crippen molar-refractivity contribution >= 4 is 5.78 Å². The van der Waals surface area contributed by atoms with Crippen LogP contribution in [-0.4, -0.2) is 23.9 Å². The molecule has 1 N–H and O–H groups in total. The summed E-state index contributed by atoms with van der Waals surface area (Å²) in [5.74, 6) is 0.728. The summed E-state index contributed by atoms with van der Waals surface area (Å²) in [7, 11) is 0. The Hall–Kier alpha value is -1.22. The average molecular weight is 218 g/mol. The number of aryl methyl sites for hydroxylation is 1. The van der Waals surface area contributed by atoms with Gasteiger partial charge in [-0.15, -0.1) is 0 Å². The Bertz CT molecular complexity index is 370. The van der Waals surface area contributed by atoms with Crippen LogP contribution in [0, 0.1) is 12.8 Å². The molecule has 1 aromatic rings. The van der Waals surface area contributed by atoms with Gasteiger partial charge < -0.3 is 5.32 Å². The predicted octanol–water partition coefficient (Wildman–Crippen LogP) is 1.96. The first-order chi connectivity index (χ1) is 7.75. The fourth-order valence-electron chi connectivity index (χ4n) is 2.19. The van der Waals surface area contributed by atoms with E-state index in [-0.39, 0.29) is 5.78 Å². The maximum Gasteiger partial charge on any atom is 0.164 e. The molecule has 86 valence electrons. The summed E-state index contributed by atoms with van der Waals surface area (Å²) < 4.78 is 0. The lowest BCUT2D eigenvalue weighted by atomic mass is 9.92. The highest BCUT2D eigenvalue weighted by molar-refractivity contribution is 5.96. The highest BCUT2D eigenvalue weighted by atomic mass is 16.1. The Kier molecular flexibility index (Phi) is 3.67. The zero-order chi connectivity index (χ0) is 11.4. The van der Waals surface area contributed by atoms with Crippen molar-refractivity contribution < 1.29 is 4.79 Å². The van der Waals surface area contributed by atoms with E-state index in [2.05, 4.69) is 10.3 Å². The number of Topliss-reactive ketones (excluding diaryl/α,β-unsaturated/α-hetero) is 1. The monoisotopic (exact) mass is 218 g/mol. The number of aromatic nitrogens is 1. The fraction of sp³-hybridized carbons (Fsp3) is 0.538. The number of hydrogen-bond donors (Lipinski definition) is 1. The van der Waals surface area contributed by atoms with Crippen LogP contribution in [0.15, 0.2) is 18.5 Å². The molecule has 1 unspecified atom stereocenters. The van der Waals surface area contributed by atoms with Gasteiger partial charge in [0.1, 0.15) is 0 Å². The van der Waals surface area contributed by atoms with Gasteiger partial charge in [0, 0.05) is 24.4 Å². The normalized spacial score (nSPS) is 20.7. The molecule has 0 bridgehead atoms. The van der Waals surface area contributed by atoms with Gasteiger partial charge in [-0.2, -0.15) is 0 Å². The number of nitrogens with one attached hydrogen (secondary N) is 1. The molecule has 0 saturated carbocycles. The quantitative estimate of drug-likeness (QED) is 0.789. The third-order valence-corrected chi connectivity index (χ3v) is 3.07. The Morgan fingerprint density at radius 2 is 2.44 bits per heavy atom. The average Bonchev–Trinajstić information content (AvgIpc) is 2.30. The number of ketones is 1. The molecule has 1 fully saturated rings. The van der Waals surface area contributed by atoms with E-state index in [4.69, 9.17) is 0 Å². The smallest absolute Gasteiger partial charge is 0.164 e. The molecule has 1 saturated heterocycles. The summed E-state index contributed by atoms with van der Waals surface area (Å²) in [6.07, 6.45) is 6.45. The maximum absolute atomic E-state index is 12.0. The molecule has 0 amide bonds. The Morgan fingerprint density at radius 1 is 1.56 bits per heavy atom. The summed E-state index contributed by atoms with van der Waals surface area (Å²) in [4.78, 5) is 16.1. The van der Waals surface area contributed by atoms with Crippen molar-refractivity contribution in [3.8, 4) is 0 Å². The first-order valence-electron chi connectivity index (χ1n) is 5.91. The first kappa shape index (κ1) is 11.3. The van der Waals surface area contributed by atoms with Crippen molar-refractivity contribution in [2.45, 2.75) is 26.2 Å². The predicted molar refractivity (Wildman–Crippen MR) is 63.5 cm³/mol. The van der Waals surface area contributed by atoms with Gasteiger partial charge in [-0.25, -0.2) is 0 Å². The standard InChI is InChI=1S/C13H18N2O/c1-10-5-12(9-15-7-10)13(16)6-11-3-2-4-14-8-11/h5,7,9,11,14H,2-4,6,8H2,1H3. The molecule has 1 aliphatic heterocycles. The van der Waals surface area contributed by atoms with Gasteiger partial charge in [0.05, 0.1) is 0 Å². The summed E-state index contributed by atoms with van der Waals surface area (Å²) in [5.41, 5.74) is 1.80. The number of nitrogens with zero attached hydrogens (tertiary/aromatic N) is 1. The van der Waals surface area contributed by atoms with Gasteiger partial charge in [-0.1, -0.05) is 0 Å². The summed E-state index contributed by atoms with van der Waals surface area (Å²) in [6.45, 7) is 4.04. The lowest BCUT2D eigenvalue weighted by Crippen LogP contribution is -2.31. The number of carbonyl (C=O) groups excluding carboxylic acids is 1. The van der Waals surface area contributed by atoms with Crippen molar-refractivity contribution in [2.75, 3.05) is 13.1 Å². The van der Waals surface area contributed by atoms with Crippen LogP contribution < -0.4 is 5.32 Å². The van der Waals surface area contributed by atoms with Crippen molar-refractivity contribution in [1.82, 2.24) is 10.3 Å². The topological polar surface area (TPSA) is 42.0 Å². The lowest BCUT2D eigenvalue weighted by molar-refractivity contribution is 0.0953. The van der Waals surface area contributed by atoms with Crippen molar-refractivity contribution in [3.63, 3.8) is 0 Å². The number of carbonyl (C=O) groups is 1. The second-order valence-electron chi connectivity index (χ2n) is 4.59. The molecule has 2 heterocycles. The maximum atomic E-state index is 12.0. The SMILES string of the molecule is Cc1cncc(C(=O)CC2CCCNC2)c1. The Labute approximate surface area is 96.3 Å². The summed E-state index contributed by atoms with van der Waals surface area (Å²) in [6, 6.07) is 1.92. The minimum absolute atomic E-state index is 0.227. The van der Waals surface area contributed by atoms with Crippen LogP contribution in [0.5, 0.6) is 0 Å². The lowest BCUT2D eigenvalue weighted by Gasteiger charge is -2.21. The molecular formula is C13H18N2O. The molecule has 0 aromatic carbocycles. The minimum atomic E-state index is 0.227. The van der Waals surface area contributed by atoms with E-state index >= 15 is 0 Å². The third-order valence-electron chi connectivity index (χ3n) is 3.07. The molecule has 1 aliphatic rings. The summed E-state index contributed by atoms with van der Waals surface area (Å²) >= 11 is 0. The van der Waals surface area contributed by atoms with Crippen LogP contribution in [0.1, 0.15) is 35.2 Å². The van der Waals surface area contributed by atoms with Crippen LogP contribution in [0.25, 0.3) is 0 Å². The Morgan fingerprint density at radius 3 is 3.12 bits per heavy atom. The van der Waals surface area contributed by atoms with Crippen molar-refractivity contribution in [3.05, 3.63) is 29.6 Å². The zero-order valence-electron chi connectivity index (χ0n) is 9.70. The van der Waals surface area contributed by atoms with Gasteiger partial charge in [0.15, 0.2) is 5.78 Å². The highest BCUT2D eigenvalue weighted by Crippen LogP contribution is 2.17. The van der Waals surface area contributed by atoms with Gasteiger partial charge in [-0.3, -0.25) is 9.78 Å². The van der Waals surface area contributed by atoms with Crippen molar-refractivity contribution in [2.24, 2.45) is 5.92 Å². The van der Waals surface area contributed by atoms with Crippen LogP contribution >= 0.6 is 0 Å². The van der Waals surface area contributed by atoms with E-state index in [9.17, 15) is 4.79 Å². The molecular weight excluding hydrogens is 200 g/mol. The van der Waals surface area contributed by atoms with E-state index in [0.29, 0.717) is 12.3 Å². The highest BCUT2D eigenvalue weighted by Gasteiger charge is 2.17. The van der Waals surface area contributed by atoms with Crippen LogP contribution in [-0.2, 0) is 0 Å². The number of piperidine rings is 1. The van der Waals surface area contributed by atoms with E-state index in [0.717, 1.165) is 30.6 Å². The van der Waals surface area contributed by atoms with Crippen LogP contribution in [0.2, 0.25) is 0 Å². The van der Waals surface area contributed by atoms with E-state index in [1.807, 2.05) is 13.0 Å². The molecule has 1 aromatic heterocycles. The van der Waals surface area contributed by atoms with Gasteiger partial charge in [-0.05, 0) is 50.4 Å². The first-order valence-corrected chi connectivity index (χ1v) is 5.91. The zero-order valence-corrected chi connectivity index (χ0v) is 9.70. The van der Waals surface area contributed by atoms with E-state index in [1.54, 1.807) is 12.4 Å². The van der Waals surface area contributed by atoms with E-state index < -0.39 is 0 Å². The molecule has 3 nitrogen and oxygen atoms in total. The second kappa shape index (κ2) is 5.21. The minimum Gasteiger partial charge on any atom is -0.316 e. The number of pyridine rings is 1. The molecule has 0 aliphatic carbocycles. The van der Waals surface area contributed by atoms with Crippen LogP contribution in [0.4, 0.5) is 0 Å². The van der Waals surface area contributed by atoms with Gasteiger partial charge >= 0.3 is 0 Å². The second-order valence-corrected chi connectivity index (χ2v) is 4.59. The Balaban J connectivity index is 1.97. The molecule has 2 rings (SSSR count). The number of rotatable bonds is 3. The molecule has 0 radical (unpaired) electrons. The third kappa shape index (κ3) is 2.89. The van der Waals surface area contributed by atoms with Gasteiger partial charge in [0.25, 0.3) is 0 Å². The largest absolute Gasteiger partial charge is 0.316 e.